The maximum atomic E-state index is 6.91. The Morgan fingerprint density at radius 1 is 0.500 bits per heavy atom. The Bertz CT molecular complexity index is 3290. The van der Waals surface area contributed by atoms with E-state index < -0.39 is 0 Å². The van der Waals surface area contributed by atoms with Crippen LogP contribution in [0.1, 0.15) is 108 Å². The van der Waals surface area contributed by atoms with Gasteiger partial charge in [0.05, 0.1) is 0 Å². The molecule has 0 fully saturated rings. The first-order valence-electron chi connectivity index (χ1n) is 24.1. The van der Waals surface area contributed by atoms with E-state index in [2.05, 4.69) is 272 Å². The van der Waals surface area contributed by atoms with Gasteiger partial charge >= 0.3 is 0 Å². The molecule has 0 amide bonds. The molecule has 0 spiro atoms. The van der Waals surface area contributed by atoms with E-state index in [1.54, 1.807) is 0 Å². The summed E-state index contributed by atoms with van der Waals surface area (Å²) in [6.45, 7) is 25.0. The van der Waals surface area contributed by atoms with Gasteiger partial charge in [-0.2, -0.15) is 6.07 Å². The van der Waals surface area contributed by atoms with Gasteiger partial charge in [-0.15, -0.1) is 53.6 Å². The maximum Gasteiger partial charge on any atom is 0.135 e. The van der Waals surface area contributed by atoms with Gasteiger partial charge in [-0.05, 0) is 86.1 Å². The third kappa shape index (κ3) is 9.25. The van der Waals surface area contributed by atoms with Crippen molar-refractivity contribution in [1.29, 1.82) is 0 Å². The Balaban J connectivity index is 0.00000608. The van der Waals surface area contributed by atoms with Crippen molar-refractivity contribution in [3.8, 4) is 17.3 Å². The molecular formula is C64H61N4OPt-3. The van der Waals surface area contributed by atoms with Crippen LogP contribution in [0.3, 0.4) is 0 Å². The van der Waals surface area contributed by atoms with E-state index in [4.69, 9.17) is 9.72 Å². The number of benzene rings is 7. The smallest absolute Gasteiger partial charge is 0.135 e. The minimum absolute atomic E-state index is 0. The van der Waals surface area contributed by atoms with Crippen LogP contribution in [0.5, 0.6) is 11.5 Å². The molecule has 0 saturated carbocycles. The quantitative estimate of drug-likeness (QED) is 0.128. The summed E-state index contributed by atoms with van der Waals surface area (Å²) in [5.41, 5.74) is 12.6. The summed E-state index contributed by atoms with van der Waals surface area (Å²) < 4.78 is 9.12. The summed E-state index contributed by atoms with van der Waals surface area (Å²) >= 11 is 0. The number of ether oxygens (including phenoxy) is 1. The first kappa shape index (κ1) is 48.3. The molecule has 356 valence electrons. The van der Waals surface area contributed by atoms with Crippen LogP contribution in [0.15, 0.2) is 182 Å². The SMILES string of the molecule is CC(C)(C)c1cc(Oc2[c-]c3c(cc2)c2ccccc2n3-c2cc(C(C)(C)C)ccn2)[c-]c(N2[CH-]N(c3cc(C(C)(C)c4ccccc4)cc(C(C)(C)c4ccccc4)c3)C=C2c2ccccc2)c1.[Pt]. The molecule has 0 aliphatic carbocycles. The second-order valence-electron chi connectivity index (χ2n) is 21.6. The molecule has 2 aromatic heterocycles. The molecule has 0 unspecified atom stereocenters. The third-order valence-electron chi connectivity index (χ3n) is 14.1. The number of hydrogen-bond acceptors (Lipinski definition) is 4. The number of pyridine rings is 1. The zero-order chi connectivity index (χ0) is 48.3. The summed E-state index contributed by atoms with van der Waals surface area (Å²) in [7, 11) is 0. The minimum Gasteiger partial charge on any atom is -0.509 e. The topological polar surface area (TPSA) is 33.5 Å². The van der Waals surface area contributed by atoms with Crippen molar-refractivity contribution < 1.29 is 25.8 Å². The summed E-state index contributed by atoms with van der Waals surface area (Å²) in [6, 6.07) is 68.2. The predicted octanol–water partition coefficient (Wildman–Crippen LogP) is 16.3. The van der Waals surface area contributed by atoms with Crippen LogP contribution < -0.4 is 14.5 Å². The molecule has 0 N–H and O–H groups in total. The van der Waals surface area contributed by atoms with Gasteiger partial charge in [-0.25, -0.2) is 4.98 Å². The van der Waals surface area contributed by atoms with Crippen LogP contribution in [0.2, 0.25) is 0 Å². The molecule has 1 aliphatic rings. The van der Waals surface area contributed by atoms with Crippen LogP contribution in [0, 0.1) is 18.8 Å². The van der Waals surface area contributed by atoms with Crippen LogP contribution >= 0.6 is 0 Å². The number of anilines is 2. The monoisotopic (exact) mass is 1100 g/mol. The Hall–Kier alpha value is -6.68. The van der Waals surface area contributed by atoms with E-state index in [0.717, 1.165) is 55.8 Å². The van der Waals surface area contributed by atoms with Crippen LogP contribution in [0.25, 0.3) is 33.3 Å². The van der Waals surface area contributed by atoms with Crippen LogP contribution in [-0.4, -0.2) is 9.55 Å². The number of fused-ring (bicyclic) bond motifs is 3. The number of aromatic nitrogens is 2. The number of para-hydroxylation sites is 1. The van der Waals surface area contributed by atoms with Crippen molar-refractivity contribution >= 4 is 38.9 Å². The standard InChI is InChI=1S/C64H61N4O.Pt/c1-61(2,3)47-32-33-65-60(39-47)68-57-29-21-20-28-55(57)56-31-30-53(41-58(56)68)69-54-38-48(62(4,5)6)35-52(40-54)67-43-66(42-59(67)44-22-14-11-15-23-44)51-36-49(63(7,8)45-24-16-12-17-25-45)34-50(37-51)64(9,10)46-26-18-13-19-27-46;/h11-39,42-43H,1-10H3;/q-3;. The van der Waals surface area contributed by atoms with E-state index in [0.29, 0.717) is 11.5 Å². The average Bonchev–Trinajstić information content (AvgIpc) is 3.94. The first-order valence-corrected chi connectivity index (χ1v) is 24.1. The molecule has 1 aliphatic heterocycles. The molecule has 5 nitrogen and oxygen atoms in total. The van der Waals surface area contributed by atoms with Gasteiger partial charge in [-0.3, -0.25) is 0 Å². The van der Waals surface area contributed by atoms with E-state index in [-0.39, 0.29) is 42.7 Å². The summed E-state index contributed by atoms with van der Waals surface area (Å²) in [4.78, 5) is 9.44. The number of hydrogen-bond donors (Lipinski definition) is 0. The van der Waals surface area contributed by atoms with Gasteiger partial charge < -0.3 is 19.1 Å². The summed E-state index contributed by atoms with van der Waals surface area (Å²) in [6.07, 6.45) is 4.16. The van der Waals surface area contributed by atoms with E-state index in [9.17, 15) is 0 Å². The fourth-order valence-corrected chi connectivity index (χ4v) is 9.54. The van der Waals surface area contributed by atoms with Crippen molar-refractivity contribution in [3.63, 3.8) is 0 Å². The van der Waals surface area contributed by atoms with E-state index in [1.165, 1.54) is 27.8 Å². The molecule has 0 radical (unpaired) electrons. The van der Waals surface area contributed by atoms with Gasteiger partial charge in [-0.1, -0.05) is 190 Å². The fourth-order valence-electron chi connectivity index (χ4n) is 9.54. The molecular weight excluding hydrogens is 1040 g/mol. The minimum atomic E-state index is -0.271. The Morgan fingerprint density at radius 2 is 1.09 bits per heavy atom. The Labute approximate surface area is 429 Å². The second kappa shape index (κ2) is 18.6. The Morgan fingerprint density at radius 3 is 1.70 bits per heavy atom. The predicted molar refractivity (Wildman–Crippen MR) is 287 cm³/mol. The molecule has 7 aromatic carbocycles. The van der Waals surface area contributed by atoms with Crippen LogP contribution in [-0.2, 0) is 42.7 Å². The largest absolute Gasteiger partial charge is 0.509 e. The zero-order valence-electron chi connectivity index (χ0n) is 41.9. The average molecular weight is 1100 g/mol. The van der Waals surface area contributed by atoms with Crippen molar-refractivity contribution in [1.82, 2.24) is 9.55 Å². The van der Waals surface area contributed by atoms with Gasteiger partial charge in [0.25, 0.3) is 0 Å². The van der Waals surface area contributed by atoms with Crippen molar-refractivity contribution in [3.05, 3.63) is 240 Å². The molecule has 6 heteroatoms. The molecule has 0 atom stereocenters. The second-order valence-corrected chi connectivity index (χ2v) is 21.6. The first-order chi connectivity index (χ1) is 32.9. The normalized spacial score (nSPS) is 13.4. The molecule has 3 heterocycles. The molecule has 0 saturated heterocycles. The van der Waals surface area contributed by atoms with Gasteiger partial charge in [0, 0.05) is 66.5 Å². The Kier molecular flexibility index (Phi) is 12.8. The molecule has 10 rings (SSSR count). The fraction of sp³-hybridized carbons (Fsp3) is 0.219. The van der Waals surface area contributed by atoms with Crippen molar-refractivity contribution in [2.45, 2.75) is 90.9 Å². The molecule has 70 heavy (non-hydrogen) atoms. The van der Waals surface area contributed by atoms with Crippen molar-refractivity contribution in [2.24, 2.45) is 0 Å². The molecule has 9 aromatic rings. The van der Waals surface area contributed by atoms with Crippen molar-refractivity contribution in [2.75, 3.05) is 9.80 Å². The van der Waals surface area contributed by atoms with E-state index in [1.807, 2.05) is 12.3 Å². The maximum absolute atomic E-state index is 6.91. The summed E-state index contributed by atoms with van der Waals surface area (Å²) in [5, 5.41) is 2.23. The number of nitrogens with zero attached hydrogens (tertiary/aromatic N) is 4. The van der Waals surface area contributed by atoms with Gasteiger partial charge in [0.1, 0.15) is 5.82 Å². The van der Waals surface area contributed by atoms with Crippen LogP contribution in [0.4, 0.5) is 11.4 Å². The third-order valence-corrected chi connectivity index (χ3v) is 14.1. The summed E-state index contributed by atoms with van der Waals surface area (Å²) in [5.74, 6) is 2.07. The van der Waals surface area contributed by atoms with Gasteiger partial charge in [0.15, 0.2) is 0 Å². The number of rotatable bonds is 10. The van der Waals surface area contributed by atoms with E-state index >= 15 is 0 Å². The molecule has 0 bridgehead atoms. The van der Waals surface area contributed by atoms with Gasteiger partial charge in [0.2, 0.25) is 0 Å². The zero-order valence-corrected chi connectivity index (χ0v) is 44.2.